The highest BCUT2D eigenvalue weighted by molar-refractivity contribution is 5.90. The van der Waals surface area contributed by atoms with Crippen LogP contribution in [0, 0.1) is 0 Å². The highest BCUT2D eigenvalue weighted by Crippen LogP contribution is 2.30. The molecule has 2 heteroatoms. The largest absolute Gasteiger partial charge is 0.354 e. The van der Waals surface area contributed by atoms with Gasteiger partial charge in [0.15, 0.2) is 0 Å². The van der Waals surface area contributed by atoms with Crippen LogP contribution in [0.4, 0.5) is 0 Å². The lowest BCUT2D eigenvalue weighted by atomic mass is 9.96. The van der Waals surface area contributed by atoms with E-state index in [1.165, 1.54) is 79.2 Å². The molecule has 1 heterocycles. The maximum Gasteiger partial charge on any atom is 0.0859 e. The number of H-pyrrole nitrogens is 1. The van der Waals surface area contributed by atoms with Gasteiger partial charge in [0.05, 0.1) is 12.6 Å². The molecule has 0 bridgehead atoms. The first-order chi connectivity index (χ1) is 12.9. The number of nitrogens with two attached hydrogens (primary N) is 1. The first kappa shape index (κ1) is 17.4. The Hall–Kier alpha value is -2.06. The SMILES string of the molecule is c1ccc(-c2[nH]c3ccccc3c2CC[NH2+]C2CCCCCCC2)cc1. The van der Waals surface area contributed by atoms with Crippen LogP contribution in [0.2, 0.25) is 0 Å². The van der Waals surface area contributed by atoms with E-state index in [1.54, 1.807) is 0 Å². The molecule has 0 atom stereocenters. The standard InChI is InChI=1S/C24H30N2/c1-2-7-13-20(14-8-3-1)25-18-17-22-21-15-9-10-16-23(21)26-24(22)19-11-5-4-6-12-19/h4-6,9-12,15-16,20,25-26H,1-3,7-8,13-14,17-18H2/p+1. The first-order valence-corrected chi connectivity index (χ1v) is 10.4. The molecular weight excluding hydrogens is 316 g/mol. The van der Waals surface area contributed by atoms with Crippen LogP contribution < -0.4 is 5.32 Å². The van der Waals surface area contributed by atoms with E-state index in [1.807, 2.05) is 0 Å². The summed E-state index contributed by atoms with van der Waals surface area (Å²) in [6.45, 7) is 1.19. The second-order valence-electron chi connectivity index (χ2n) is 7.77. The lowest BCUT2D eigenvalue weighted by molar-refractivity contribution is -0.690. The van der Waals surface area contributed by atoms with Gasteiger partial charge in [-0.25, -0.2) is 0 Å². The minimum absolute atomic E-state index is 0.834. The average Bonchev–Trinajstić information content (AvgIpc) is 3.03. The molecule has 2 aromatic carbocycles. The molecule has 0 unspecified atom stereocenters. The van der Waals surface area contributed by atoms with E-state index >= 15 is 0 Å². The fourth-order valence-corrected chi connectivity index (χ4v) is 4.50. The lowest BCUT2D eigenvalue weighted by Gasteiger charge is -2.18. The minimum atomic E-state index is 0.834. The van der Waals surface area contributed by atoms with Gasteiger partial charge >= 0.3 is 0 Å². The summed E-state index contributed by atoms with van der Waals surface area (Å²) in [5.74, 6) is 0. The molecule has 0 saturated heterocycles. The molecule has 1 saturated carbocycles. The summed E-state index contributed by atoms with van der Waals surface area (Å²) in [6, 6.07) is 20.4. The molecule has 1 aliphatic rings. The van der Waals surface area contributed by atoms with Crippen LogP contribution in [-0.2, 0) is 6.42 Å². The van der Waals surface area contributed by atoms with Gasteiger partial charge in [0.1, 0.15) is 0 Å². The van der Waals surface area contributed by atoms with E-state index in [2.05, 4.69) is 64.9 Å². The average molecular weight is 348 g/mol. The number of aromatic nitrogens is 1. The Kier molecular flexibility index (Phi) is 5.71. The molecule has 0 amide bonds. The topological polar surface area (TPSA) is 32.4 Å². The molecule has 0 spiro atoms. The summed E-state index contributed by atoms with van der Waals surface area (Å²) in [4.78, 5) is 3.67. The molecule has 0 aliphatic heterocycles. The number of aromatic amines is 1. The first-order valence-electron chi connectivity index (χ1n) is 10.4. The second-order valence-corrected chi connectivity index (χ2v) is 7.77. The van der Waals surface area contributed by atoms with Crippen molar-refractivity contribution in [1.82, 2.24) is 4.98 Å². The molecule has 1 aromatic heterocycles. The van der Waals surface area contributed by atoms with Gasteiger partial charge in [-0.15, -0.1) is 0 Å². The van der Waals surface area contributed by atoms with Crippen molar-refractivity contribution in [2.45, 2.75) is 57.4 Å². The third-order valence-electron chi connectivity index (χ3n) is 5.92. The van der Waals surface area contributed by atoms with Crippen LogP contribution in [-0.4, -0.2) is 17.6 Å². The molecule has 0 radical (unpaired) electrons. The number of para-hydroxylation sites is 1. The Bertz CT molecular complexity index is 811. The van der Waals surface area contributed by atoms with Crippen molar-refractivity contribution in [2.75, 3.05) is 6.54 Å². The molecule has 1 aliphatic carbocycles. The lowest BCUT2D eigenvalue weighted by Crippen LogP contribution is -2.90. The molecule has 136 valence electrons. The van der Waals surface area contributed by atoms with E-state index in [-0.39, 0.29) is 0 Å². The molecule has 3 aromatic rings. The monoisotopic (exact) mass is 347 g/mol. The summed E-state index contributed by atoms with van der Waals surface area (Å²) < 4.78 is 0. The van der Waals surface area contributed by atoms with Crippen molar-refractivity contribution in [3.05, 3.63) is 60.2 Å². The van der Waals surface area contributed by atoms with Gasteiger partial charge in [0, 0.05) is 23.0 Å². The summed E-state index contributed by atoms with van der Waals surface area (Å²) in [6.07, 6.45) is 11.1. The maximum absolute atomic E-state index is 3.67. The van der Waals surface area contributed by atoms with Crippen molar-refractivity contribution >= 4 is 10.9 Å². The van der Waals surface area contributed by atoms with Gasteiger partial charge < -0.3 is 10.3 Å². The number of hydrogen-bond donors (Lipinski definition) is 2. The highest BCUT2D eigenvalue weighted by atomic mass is 14.9. The summed E-state index contributed by atoms with van der Waals surface area (Å²) >= 11 is 0. The third kappa shape index (κ3) is 4.02. The van der Waals surface area contributed by atoms with E-state index < -0.39 is 0 Å². The van der Waals surface area contributed by atoms with E-state index in [0.29, 0.717) is 0 Å². The van der Waals surface area contributed by atoms with E-state index in [4.69, 9.17) is 0 Å². The molecule has 4 rings (SSSR count). The smallest absolute Gasteiger partial charge is 0.0859 e. The number of rotatable bonds is 5. The van der Waals surface area contributed by atoms with Crippen molar-refractivity contribution < 1.29 is 5.32 Å². The van der Waals surface area contributed by atoms with Crippen molar-refractivity contribution in [2.24, 2.45) is 0 Å². The van der Waals surface area contributed by atoms with Gasteiger partial charge in [-0.1, -0.05) is 67.8 Å². The summed E-state index contributed by atoms with van der Waals surface area (Å²) in [5.41, 5.74) is 5.34. The third-order valence-corrected chi connectivity index (χ3v) is 5.92. The Morgan fingerprint density at radius 3 is 2.31 bits per heavy atom. The van der Waals surface area contributed by atoms with Gasteiger partial charge in [0.2, 0.25) is 0 Å². The van der Waals surface area contributed by atoms with Gasteiger partial charge in [0.25, 0.3) is 0 Å². The van der Waals surface area contributed by atoms with Gasteiger partial charge in [-0.3, -0.25) is 0 Å². The normalized spacial score (nSPS) is 16.5. The summed E-state index contributed by atoms with van der Waals surface area (Å²) in [5, 5.41) is 4.01. The van der Waals surface area contributed by atoms with Crippen molar-refractivity contribution in [3.63, 3.8) is 0 Å². The van der Waals surface area contributed by atoms with Crippen LogP contribution in [0.15, 0.2) is 54.6 Å². The second kappa shape index (κ2) is 8.55. The van der Waals surface area contributed by atoms with E-state index in [0.717, 1.165) is 12.5 Å². The molecular formula is C24H31N2+. The Morgan fingerprint density at radius 2 is 1.50 bits per heavy atom. The van der Waals surface area contributed by atoms with E-state index in [9.17, 15) is 0 Å². The quantitative estimate of drug-likeness (QED) is 0.647. The zero-order valence-corrected chi connectivity index (χ0v) is 15.7. The van der Waals surface area contributed by atoms with Crippen molar-refractivity contribution in [1.29, 1.82) is 0 Å². The number of hydrogen-bond acceptors (Lipinski definition) is 0. The zero-order chi connectivity index (χ0) is 17.6. The van der Waals surface area contributed by atoms with Gasteiger partial charge in [-0.05, 0) is 42.9 Å². The Labute approximate surface area is 157 Å². The number of quaternary nitrogens is 1. The maximum atomic E-state index is 3.67. The zero-order valence-electron chi connectivity index (χ0n) is 15.7. The fraction of sp³-hybridized carbons (Fsp3) is 0.417. The van der Waals surface area contributed by atoms with Gasteiger partial charge in [-0.2, -0.15) is 0 Å². The number of nitrogens with one attached hydrogen (secondary N) is 1. The van der Waals surface area contributed by atoms with Crippen LogP contribution in [0.3, 0.4) is 0 Å². The molecule has 26 heavy (non-hydrogen) atoms. The molecule has 1 fully saturated rings. The minimum Gasteiger partial charge on any atom is -0.354 e. The molecule has 2 nitrogen and oxygen atoms in total. The Balaban J connectivity index is 1.51. The molecule has 3 N–H and O–H groups in total. The van der Waals surface area contributed by atoms with Crippen LogP contribution in [0.5, 0.6) is 0 Å². The number of fused-ring (bicyclic) bond motifs is 1. The number of benzene rings is 2. The fourth-order valence-electron chi connectivity index (χ4n) is 4.50. The highest BCUT2D eigenvalue weighted by Gasteiger charge is 2.16. The van der Waals surface area contributed by atoms with Crippen LogP contribution >= 0.6 is 0 Å². The predicted molar refractivity (Wildman–Crippen MR) is 110 cm³/mol. The predicted octanol–water partition coefficient (Wildman–Crippen LogP) is 5.05. The van der Waals surface area contributed by atoms with Crippen LogP contribution in [0.1, 0.15) is 50.5 Å². The van der Waals surface area contributed by atoms with Crippen LogP contribution in [0.25, 0.3) is 22.2 Å². The Morgan fingerprint density at radius 1 is 0.808 bits per heavy atom. The van der Waals surface area contributed by atoms with Crippen molar-refractivity contribution in [3.8, 4) is 11.3 Å². The summed E-state index contributed by atoms with van der Waals surface area (Å²) in [7, 11) is 0.